The van der Waals surface area contributed by atoms with Crippen molar-refractivity contribution in [3.8, 4) is 11.8 Å². The zero-order valence-electron chi connectivity index (χ0n) is 12.4. The van der Waals surface area contributed by atoms with Crippen LogP contribution in [-0.4, -0.2) is 11.7 Å². The van der Waals surface area contributed by atoms with Gasteiger partial charge in [0.25, 0.3) is 0 Å². The van der Waals surface area contributed by atoms with Crippen molar-refractivity contribution in [2.75, 3.05) is 5.32 Å². The highest BCUT2D eigenvalue weighted by Gasteiger charge is 2.16. The number of amides is 1. The van der Waals surface area contributed by atoms with Gasteiger partial charge in [-0.3, -0.25) is 5.32 Å². The summed E-state index contributed by atoms with van der Waals surface area (Å²) < 4.78 is 5.18. The van der Waals surface area contributed by atoms with E-state index < -0.39 is 11.7 Å². The van der Waals surface area contributed by atoms with Crippen LogP contribution in [0.15, 0.2) is 11.4 Å². The number of carbonyl (C=O) groups is 1. The van der Waals surface area contributed by atoms with Crippen molar-refractivity contribution in [3.05, 3.63) is 16.3 Å². The Morgan fingerprint density at radius 3 is 2.42 bits per heavy atom. The molecule has 1 aromatic rings. The summed E-state index contributed by atoms with van der Waals surface area (Å²) >= 11 is 1.51. The van der Waals surface area contributed by atoms with Crippen molar-refractivity contribution >= 4 is 23.1 Å². The van der Waals surface area contributed by atoms with Gasteiger partial charge in [-0.15, -0.1) is 11.3 Å². The van der Waals surface area contributed by atoms with Gasteiger partial charge >= 0.3 is 6.09 Å². The zero-order chi connectivity index (χ0) is 14.7. The van der Waals surface area contributed by atoms with Crippen LogP contribution < -0.4 is 5.32 Å². The van der Waals surface area contributed by atoms with E-state index in [1.54, 1.807) is 0 Å². The lowest BCUT2D eigenvalue weighted by Crippen LogP contribution is -2.27. The van der Waals surface area contributed by atoms with E-state index in [4.69, 9.17) is 4.74 Å². The summed E-state index contributed by atoms with van der Waals surface area (Å²) in [6.45, 7) is 11.7. The van der Waals surface area contributed by atoms with Gasteiger partial charge in [0.1, 0.15) is 5.60 Å². The molecule has 4 heteroatoms. The van der Waals surface area contributed by atoms with E-state index in [9.17, 15) is 4.79 Å². The Labute approximate surface area is 119 Å². The van der Waals surface area contributed by atoms with Gasteiger partial charge in [-0.1, -0.05) is 11.8 Å². The van der Waals surface area contributed by atoms with Crippen molar-refractivity contribution in [2.45, 2.75) is 47.1 Å². The average Bonchev–Trinajstić information content (AvgIpc) is 2.58. The highest BCUT2D eigenvalue weighted by Crippen LogP contribution is 2.20. The van der Waals surface area contributed by atoms with Crippen LogP contribution in [0.2, 0.25) is 0 Å². The number of carbonyl (C=O) groups excluding carboxylic acids is 1. The number of hydrogen-bond donors (Lipinski definition) is 1. The Morgan fingerprint density at radius 1 is 1.26 bits per heavy atom. The zero-order valence-corrected chi connectivity index (χ0v) is 13.2. The van der Waals surface area contributed by atoms with E-state index in [0.29, 0.717) is 0 Å². The van der Waals surface area contributed by atoms with Gasteiger partial charge in [0, 0.05) is 10.8 Å². The predicted molar refractivity (Wildman–Crippen MR) is 80.5 cm³/mol. The van der Waals surface area contributed by atoms with Gasteiger partial charge < -0.3 is 4.74 Å². The molecule has 104 valence electrons. The van der Waals surface area contributed by atoms with Crippen LogP contribution in [0.25, 0.3) is 0 Å². The van der Waals surface area contributed by atoms with Gasteiger partial charge in [-0.25, -0.2) is 4.79 Å². The molecule has 1 rings (SSSR count). The van der Waals surface area contributed by atoms with Crippen LogP contribution >= 0.6 is 11.3 Å². The standard InChI is InChI=1S/C15H21NO2S/c1-14(2,3)8-7-12-9-11(10-19-12)16-13(17)18-15(4,5)6/h9-10H,1-6H3,(H,16,17). The molecule has 1 N–H and O–H groups in total. The number of ether oxygens (including phenoxy) is 1. The highest BCUT2D eigenvalue weighted by atomic mass is 32.1. The summed E-state index contributed by atoms with van der Waals surface area (Å²) in [5.41, 5.74) is 0.204. The summed E-state index contributed by atoms with van der Waals surface area (Å²) in [6.07, 6.45) is -0.444. The second-order valence-corrected chi connectivity index (χ2v) is 7.24. The Hall–Kier alpha value is -1.47. The van der Waals surface area contributed by atoms with E-state index >= 15 is 0 Å². The highest BCUT2D eigenvalue weighted by molar-refractivity contribution is 7.11. The lowest BCUT2D eigenvalue weighted by atomic mass is 9.98. The molecular weight excluding hydrogens is 258 g/mol. The molecule has 0 aromatic carbocycles. The van der Waals surface area contributed by atoms with E-state index in [2.05, 4.69) is 37.9 Å². The second-order valence-electron chi connectivity index (χ2n) is 6.33. The first-order valence-corrected chi connectivity index (χ1v) is 7.05. The normalized spacial score (nSPS) is 11.5. The number of nitrogens with one attached hydrogen (secondary N) is 1. The van der Waals surface area contributed by atoms with Crippen LogP contribution in [0, 0.1) is 17.3 Å². The molecule has 1 amide bonds. The van der Waals surface area contributed by atoms with Crippen LogP contribution in [0.4, 0.5) is 10.5 Å². The molecular formula is C15H21NO2S. The third-order valence-electron chi connectivity index (χ3n) is 1.81. The van der Waals surface area contributed by atoms with Crippen molar-refractivity contribution < 1.29 is 9.53 Å². The van der Waals surface area contributed by atoms with Gasteiger partial charge in [-0.2, -0.15) is 0 Å². The lowest BCUT2D eigenvalue weighted by molar-refractivity contribution is 0.0636. The molecule has 1 heterocycles. The van der Waals surface area contributed by atoms with E-state index in [1.807, 2.05) is 32.2 Å². The van der Waals surface area contributed by atoms with Gasteiger partial charge in [-0.05, 0) is 47.6 Å². The average molecular weight is 279 g/mol. The minimum Gasteiger partial charge on any atom is -0.444 e. The van der Waals surface area contributed by atoms with E-state index in [-0.39, 0.29) is 5.41 Å². The SMILES string of the molecule is CC(C)(C)C#Cc1cc(NC(=O)OC(C)(C)C)cs1. The van der Waals surface area contributed by atoms with Crippen molar-refractivity contribution in [2.24, 2.45) is 5.41 Å². The van der Waals surface area contributed by atoms with Gasteiger partial charge in [0.15, 0.2) is 0 Å². The number of hydrogen-bond acceptors (Lipinski definition) is 3. The van der Waals surface area contributed by atoms with Crippen molar-refractivity contribution in [1.29, 1.82) is 0 Å². The molecule has 0 unspecified atom stereocenters. The summed E-state index contributed by atoms with van der Waals surface area (Å²) in [5.74, 6) is 6.26. The second kappa shape index (κ2) is 5.66. The minimum absolute atomic E-state index is 0.0251. The molecule has 1 aromatic heterocycles. The Balaban J connectivity index is 2.65. The fourth-order valence-corrected chi connectivity index (χ4v) is 1.82. The molecule has 0 aliphatic rings. The molecule has 19 heavy (non-hydrogen) atoms. The van der Waals surface area contributed by atoms with Crippen molar-refractivity contribution in [1.82, 2.24) is 0 Å². The molecule has 3 nitrogen and oxygen atoms in total. The Bertz CT molecular complexity index is 507. The van der Waals surface area contributed by atoms with Crippen LogP contribution in [-0.2, 0) is 4.74 Å². The summed E-state index contributed by atoms with van der Waals surface area (Å²) in [4.78, 5) is 12.5. The Morgan fingerprint density at radius 2 is 1.89 bits per heavy atom. The van der Waals surface area contributed by atoms with Crippen LogP contribution in [0.1, 0.15) is 46.4 Å². The van der Waals surface area contributed by atoms with E-state index in [1.165, 1.54) is 11.3 Å². The molecule has 0 aliphatic heterocycles. The number of thiophene rings is 1. The molecule has 0 aliphatic carbocycles. The molecule has 0 saturated heterocycles. The summed E-state index contributed by atoms with van der Waals surface area (Å²) in [5, 5.41) is 4.56. The molecule has 0 spiro atoms. The fourth-order valence-electron chi connectivity index (χ4n) is 1.14. The van der Waals surface area contributed by atoms with E-state index in [0.717, 1.165) is 10.6 Å². The quantitative estimate of drug-likeness (QED) is 0.769. The smallest absolute Gasteiger partial charge is 0.412 e. The molecule has 0 atom stereocenters. The lowest BCUT2D eigenvalue weighted by Gasteiger charge is -2.19. The first kappa shape index (κ1) is 15.6. The molecule has 0 radical (unpaired) electrons. The first-order chi connectivity index (χ1) is 8.55. The first-order valence-electron chi connectivity index (χ1n) is 6.17. The monoisotopic (exact) mass is 279 g/mol. The summed E-state index contributed by atoms with van der Waals surface area (Å²) in [7, 11) is 0. The van der Waals surface area contributed by atoms with Crippen LogP contribution in [0.3, 0.4) is 0 Å². The summed E-state index contributed by atoms with van der Waals surface area (Å²) in [6, 6.07) is 1.85. The molecule has 0 bridgehead atoms. The topological polar surface area (TPSA) is 38.3 Å². The third-order valence-corrected chi connectivity index (χ3v) is 2.65. The maximum absolute atomic E-state index is 11.6. The largest absolute Gasteiger partial charge is 0.444 e. The fraction of sp³-hybridized carbons (Fsp3) is 0.533. The van der Waals surface area contributed by atoms with Crippen LogP contribution in [0.5, 0.6) is 0 Å². The number of anilines is 1. The van der Waals surface area contributed by atoms with Gasteiger partial charge in [0.2, 0.25) is 0 Å². The molecule has 0 saturated carbocycles. The van der Waals surface area contributed by atoms with Gasteiger partial charge in [0.05, 0.1) is 10.6 Å². The maximum Gasteiger partial charge on any atom is 0.412 e. The molecule has 0 fully saturated rings. The maximum atomic E-state index is 11.6. The Kier molecular flexibility index (Phi) is 4.65. The minimum atomic E-state index is -0.491. The van der Waals surface area contributed by atoms with Crippen molar-refractivity contribution in [3.63, 3.8) is 0 Å². The predicted octanol–water partition coefficient (Wildman–Crippen LogP) is 4.49. The number of rotatable bonds is 1. The third kappa shape index (κ3) is 6.88.